The van der Waals surface area contributed by atoms with Crippen LogP contribution < -0.4 is 0 Å². The van der Waals surface area contributed by atoms with Gasteiger partial charge in [0.15, 0.2) is 11.2 Å². The largest absolute Gasteiger partial charge is 0.301 e. The molecule has 0 amide bonds. The van der Waals surface area contributed by atoms with E-state index in [1.165, 1.54) is 6.07 Å². The lowest BCUT2D eigenvalue weighted by atomic mass is 10.1. The van der Waals surface area contributed by atoms with E-state index in [0.717, 1.165) is 12.1 Å². The van der Waals surface area contributed by atoms with Crippen molar-refractivity contribution >= 4 is 35.3 Å². The van der Waals surface area contributed by atoms with Crippen LogP contribution in [0.5, 0.6) is 0 Å². The Balaban J connectivity index is 3.11. The molecule has 1 aromatic carbocycles. The number of ketones is 1. The van der Waals surface area contributed by atoms with Gasteiger partial charge < -0.3 is 4.79 Å². The van der Waals surface area contributed by atoms with Crippen molar-refractivity contribution in [1.29, 1.82) is 0 Å². The molecular weight excluding hydrogens is 230 g/mol. The Labute approximate surface area is 89.6 Å². The fraction of sp³-hybridized carbons (Fsp3) is 0.111. The predicted octanol–water partition coefficient (Wildman–Crippen LogP) is 2.47. The molecule has 0 aromatic heterocycles. The maximum absolute atomic E-state index is 12.7. The highest BCUT2D eigenvalue weighted by Crippen LogP contribution is 2.19. The molecule has 0 spiro atoms. The van der Waals surface area contributed by atoms with Crippen molar-refractivity contribution < 1.29 is 14.0 Å². The van der Waals surface area contributed by atoms with Gasteiger partial charge in [0.25, 0.3) is 0 Å². The second-order valence-electron chi connectivity index (χ2n) is 2.53. The number of Topliss-reactive ketones (excluding diaryl/α,β-unsaturated/α-hetero) is 1. The van der Waals surface area contributed by atoms with Gasteiger partial charge in [-0.3, -0.25) is 4.79 Å². The van der Waals surface area contributed by atoms with Crippen LogP contribution in [-0.2, 0) is 4.79 Å². The van der Waals surface area contributed by atoms with Crippen LogP contribution in [0, 0.1) is 5.82 Å². The van der Waals surface area contributed by atoms with E-state index in [9.17, 15) is 14.0 Å². The molecule has 0 aliphatic heterocycles. The molecule has 1 atom stereocenters. The van der Waals surface area contributed by atoms with E-state index in [0.29, 0.717) is 0 Å². The highest BCUT2D eigenvalue weighted by Gasteiger charge is 2.19. The molecule has 0 bridgehead atoms. The third-order valence-electron chi connectivity index (χ3n) is 1.56. The van der Waals surface area contributed by atoms with E-state index in [1.54, 1.807) is 0 Å². The first-order valence-corrected chi connectivity index (χ1v) is 4.46. The zero-order valence-electron chi connectivity index (χ0n) is 6.84. The molecule has 74 valence electrons. The molecule has 14 heavy (non-hydrogen) atoms. The third kappa shape index (κ3) is 2.30. The van der Waals surface area contributed by atoms with Crippen LogP contribution in [0.2, 0.25) is 5.02 Å². The van der Waals surface area contributed by atoms with Crippen LogP contribution in [0.1, 0.15) is 10.4 Å². The van der Waals surface area contributed by atoms with Crippen molar-refractivity contribution in [2.75, 3.05) is 0 Å². The minimum absolute atomic E-state index is 0.0731. The first-order chi connectivity index (χ1) is 6.56. The lowest BCUT2D eigenvalue weighted by Crippen LogP contribution is -2.16. The van der Waals surface area contributed by atoms with Gasteiger partial charge >= 0.3 is 0 Å². The summed E-state index contributed by atoms with van der Waals surface area (Å²) in [5, 5.41) is -1.25. The second kappa shape index (κ2) is 4.53. The number of halogens is 3. The smallest absolute Gasteiger partial charge is 0.189 e. The van der Waals surface area contributed by atoms with E-state index in [-0.39, 0.29) is 16.9 Å². The van der Waals surface area contributed by atoms with E-state index >= 15 is 0 Å². The Kier molecular flexibility index (Phi) is 3.61. The Morgan fingerprint density at radius 1 is 1.50 bits per heavy atom. The van der Waals surface area contributed by atoms with Crippen LogP contribution in [-0.4, -0.2) is 17.4 Å². The summed E-state index contributed by atoms with van der Waals surface area (Å²) in [6.45, 7) is 0. The number of alkyl halides is 1. The molecule has 0 N–H and O–H groups in total. The fourth-order valence-electron chi connectivity index (χ4n) is 0.897. The lowest BCUT2D eigenvalue weighted by Gasteiger charge is -2.03. The molecule has 0 radical (unpaired) electrons. The average molecular weight is 235 g/mol. The summed E-state index contributed by atoms with van der Waals surface area (Å²) in [5.41, 5.74) is -0.0845. The van der Waals surface area contributed by atoms with Gasteiger partial charge in [0, 0.05) is 5.56 Å². The molecule has 0 aliphatic rings. The van der Waals surface area contributed by atoms with Crippen LogP contribution in [0.3, 0.4) is 0 Å². The first kappa shape index (κ1) is 11.1. The molecular formula is C9H5Cl2FO2. The van der Waals surface area contributed by atoms with Gasteiger partial charge in [-0.05, 0) is 18.2 Å². The average Bonchev–Trinajstić information content (AvgIpc) is 2.19. The number of hydrogen-bond donors (Lipinski definition) is 0. The molecule has 0 aliphatic carbocycles. The second-order valence-corrected chi connectivity index (χ2v) is 3.40. The molecule has 1 unspecified atom stereocenters. The highest BCUT2D eigenvalue weighted by molar-refractivity contribution is 6.43. The van der Waals surface area contributed by atoms with Crippen LogP contribution in [0.15, 0.2) is 18.2 Å². The summed E-state index contributed by atoms with van der Waals surface area (Å²) >= 11 is 11.0. The number of rotatable bonds is 3. The van der Waals surface area contributed by atoms with Crippen LogP contribution in [0.25, 0.3) is 0 Å². The summed E-state index contributed by atoms with van der Waals surface area (Å²) in [7, 11) is 0. The van der Waals surface area contributed by atoms with Gasteiger partial charge in [-0.1, -0.05) is 11.6 Å². The molecule has 0 saturated heterocycles. The number of benzene rings is 1. The fourth-order valence-corrected chi connectivity index (χ4v) is 1.22. The molecule has 0 fully saturated rings. The van der Waals surface area contributed by atoms with E-state index in [1.807, 2.05) is 0 Å². The minimum atomic E-state index is -1.32. The Hall–Kier alpha value is -0.930. The zero-order valence-corrected chi connectivity index (χ0v) is 8.35. The molecule has 1 aromatic rings. The molecule has 1 rings (SSSR count). The van der Waals surface area contributed by atoms with Crippen LogP contribution in [0.4, 0.5) is 4.39 Å². The lowest BCUT2D eigenvalue weighted by molar-refractivity contribution is -0.106. The van der Waals surface area contributed by atoms with Gasteiger partial charge in [-0.15, -0.1) is 11.6 Å². The van der Waals surface area contributed by atoms with E-state index < -0.39 is 17.0 Å². The first-order valence-electron chi connectivity index (χ1n) is 3.65. The SMILES string of the molecule is O=CC(Cl)C(=O)c1cc(F)ccc1Cl. The monoisotopic (exact) mass is 234 g/mol. The normalized spacial score (nSPS) is 12.2. The maximum Gasteiger partial charge on any atom is 0.189 e. The van der Waals surface area contributed by atoms with Crippen molar-refractivity contribution in [2.45, 2.75) is 5.38 Å². The van der Waals surface area contributed by atoms with Gasteiger partial charge in [-0.2, -0.15) is 0 Å². The van der Waals surface area contributed by atoms with Gasteiger partial charge in [0.05, 0.1) is 5.02 Å². The summed E-state index contributed by atoms with van der Waals surface area (Å²) in [6, 6.07) is 3.30. The minimum Gasteiger partial charge on any atom is -0.301 e. The van der Waals surface area contributed by atoms with Crippen molar-refractivity contribution in [2.24, 2.45) is 0 Å². The van der Waals surface area contributed by atoms with Gasteiger partial charge in [0.2, 0.25) is 0 Å². The molecule has 5 heteroatoms. The van der Waals surface area contributed by atoms with Gasteiger partial charge in [0.1, 0.15) is 12.1 Å². The Bertz CT molecular complexity index is 379. The van der Waals surface area contributed by atoms with E-state index in [2.05, 4.69) is 0 Å². The summed E-state index contributed by atoms with van der Waals surface area (Å²) in [5.74, 6) is -1.31. The summed E-state index contributed by atoms with van der Waals surface area (Å²) < 4.78 is 12.7. The van der Waals surface area contributed by atoms with Crippen molar-refractivity contribution in [1.82, 2.24) is 0 Å². The Morgan fingerprint density at radius 2 is 2.14 bits per heavy atom. The third-order valence-corrected chi connectivity index (χ3v) is 2.19. The van der Waals surface area contributed by atoms with Crippen molar-refractivity contribution in [3.05, 3.63) is 34.6 Å². The van der Waals surface area contributed by atoms with Crippen LogP contribution >= 0.6 is 23.2 Å². The summed E-state index contributed by atoms with van der Waals surface area (Å²) in [6.07, 6.45) is 0.269. The van der Waals surface area contributed by atoms with Crippen molar-refractivity contribution in [3.63, 3.8) is 0 Å². The molecule has 2 nitrogen and oxygen atoms in total. The predicted molar refractivity (Wildman–Crippen MR) is 51.4 cm³/mol. The van der Waals surface area contributed by atoms with Gasteiger partial charge in [-0.25, -0.2) is 4.39 Å². The number of carbonyl (C=O) groups is 2. The highest BCUT2D eigenvalue weighted by atomic mass is 35.5. The van der Waals surface area contributed by atoms with Crippen molar-refractivity contribution in [3.8, 4) is 0 Å². The quantitative estimate of drug-likeness (QED) is 0.349. The standard InChI is InChI=1S/C9H5Cl2FO2/c10-7-2-1-5(12)3-6(7)9(14)8(11)4-13/h1-4,8H. The number of hydrogen-bond acceptors (Lipinski definition) is 2. The number of carbonyl (C=O) groups excluding carboxylic acids is 2. The van der Waals surface area contributed by atoms with E-state index in [4.69, 9.17) is 23.2 Å². The molecule has 0 saturated carbocycles. The zero-order chi connectivity index (χ0) is 10.7. The maximum atomic E-state index is 12.7. The summed E-state index contributed by atoms with van der Waals surface area (Å²) in [4.78, 5) is 21.6. The topological polar surface area (TPSA) is 34.1 Å². The molecule has 0 heterocycles. The number of aldehydes is 1. The Morgan fingerprint density at radius 3 is 2.71 bits per heavy atom.